The SMILES string of the molecule is CC1(C)C(C(CC2CCCN(S(C)(=O)=O)C2)NN)C1(C)C. The fraction of sp³-hybridized carbons (Fsp3) is 1.00. The summed E-state index contributed by atoms with van der Waals surface area (Å²) in [5.74, 6) is 6.76. The van der Waals surface area contributed by atoms with Crippen LogP contribution in [0.1, 0.15) is 47.0 Å². The van der Waals surface area contributed by atoms with Gasteiger partial charge in [0.1, 0.15) is 0 Å². The number of hydrogen-bond donors (Lipinski definition) is 2. The maximum atomic E-state index is 11.7. The molecule has 2 atom stereocenters. The van der Waals surface area contributed by atoms with Gasteiger partial charge < -0.3 is 0 Å². The zero-order valence-electron chi connectivity index (χ0n) is 14.0. The van der Waals surface area contributed by atoms with Crippen molar-refractivity contribution in [1.29, 1.82) is 0 Å². The fourth-order valence-electron chi connectivity index (χ4n) is 4.43. The van der Waals surface area contributed by atoms with Crippen LogP contribution < -0.4 is 11.3 Å². The van der Waals surface area contributed by atoms with Crippen molar-refractivity contribution in [2.24, 2.45) is 28.5 Å². The van der Waals surface area contributed by atoms with Gasteiger partial charge in [0.05, 0.1) is 6.26 Å². The lowest BCUT2D eigenvalue weighted by molar-refractivity contribution is 0.223. The van der Waals surface area contributed by atoms with E-state index in [1.807, 2.05) is 0 Å². The number of hydrogen-bond acceptors (Lipinski definition) is 4. The maximum Gasteiger partial charge on any atom is 0.211 e. The van der Waals surface area contributed by atoms with E-state index in [-0.39, 0.29) is 16.9 Å². The Kier molecular flexibility index (Phi) is 4.48. The summed E-state index contributed by atoms with van der Waals surface area (Å²) in [4.78, 5) is 0. The Bertz CT molecular complexity index is 473. The third kappa shape index (κ3) is 3.14. The summed E-state index contributed by atoms with van der Waals surface area (Å²) in [7, 11) is -3.07. The zero-order valence-corrected chi connectivity index (χ0v) is 14.8. The molecule has 1 saturated heterocycles. The summed E-state index contributed by atoms with van der Waals surface area (Å²) in [5.41, 5.74) is 3.58. The number of piperidine rings is 1. The van der Waals surface area contributed by atoms with E-state index in [0.29, 0.717) is 24.9 Å². The summed E-state index contributed by atoms with van der Waals surface area (Å²) >= 11 is 0. The van der Waals surface area contributed by atoms with Gasteiger partial charge >= 0.3 is 0 Å². The normalized spacial score (nSPS) is 31.0. The minimum Gasteiger partial charge on any atom is -0.271 e. The van der Waals surface area contributed by atoms with Gasteiger partial charge in [0.2, 0.25) is 10.0 Å². The van der Waals surface area contributed by atoms with Crippen molar-refractivity contribution in [3.8, 4) is 0 Å². The highest BCUT2D eigenvalue weighted by atomic mass is 32.2. The second kappa shape index (κ2) is 5.48. The van der Waals surface area contributed by atoms with Gasteiger partial charge in [0.15, 0.2) is 0 Å². The molecule has 124 valence electrons. The molecule has 3 N–H and O–H groups in total. The predicted molar refractivity (Wildman–Crippen MR) is 85.9 cm³/mol. The summed E-state index contributed by atoms with van der Waals surface area (Å²) in [5, 5.41) is 0. The average molecular weight is 317 g/mol. The van der Waals surface area contributed by atoms with Gasteiger partial charge in [-0.3, -0.25) is 11.3 Å². The number of hydrazine groups is 1. The zero-order chi connectivity index (χ0) is 16.1. The lowest BCUT2D eigenvalue weighted by Crippen LogP contribution is -2.44. The van der Waals surface area contributed by atoms with Gasteiger partial charge in [0.25, 0.3) is 0 Å². The van der Waals surface area contributed by atoms with Crippen molar-refractivity contribution in [2.45, 2.75) is 53.0 Å². The quantitative estimate of drug-likeness (QED) is 0.596. The van der Waals surface area contributed by atoms with Crippen LogP contribution in [0.4, 0.5) is 0 Å². The Morgan fingerprint density at radius 1 is 1.29 bits per heavy atom. The first kappa shape index (κ1) is 17.2. The van der Waals surface area contributed by atoms with E-state index in [0.717, 1.165) is 19.3 Å². The molecule has 21 heavy (non-hydrogen) atoms. The summed E-state index contributed by atoms with van der Waals surface area (Å²) in [6, 6.07) is 0.263. The molecule has 0 aromatic heterocycles. The number of nitrogens with two attached hydrogens (primary N) is 1. The van der Waals surface area contributed by atoms with E-state index < -0.39 is 10.0 Å². The second-order valence-electron chi connectivity index (χ2n) is 8.06. The highest BCUT2D eigenvalue weighted by molar-refractivity contribution is 7.88. The van der Waals surface area contributed by atoms with Crippen molar-refractivity contribution >= 4 is 10.0 Å². The van der Waals surface area contributed by atoms with Crippen LogP contribution in [0.3, 0.4) is 0 Å². The van der Waals surface area contributed by atoms with Crippen molar-refractivity contribution in [1.82, 2.24) is 9.73 Å². The maximum absolute atomic E-state index is 11.7. The van der Waals surface area contributed by atoms with Gasteiger partial charge in [0, 0.05) is 19.1 Å². The molecule has 6 heteroatoms. The Balaban J connectivity index is 2.00. The van der Waals surface area contributed by atoms with Gasteiger partial charge in [-0.25, -0.2) is 12.7 Å². The largest absolute Gasteiger partial charge is 0.271 e. The third-order valence-electron chi connectivity index (χ3n) is 6.29. The molecule has 0 radical (unpaired) electrons. The number of rotatable bonds is 5. The smallest absolute Gasteiger partial charge is 0.211 e. The molecule has 0 aromatic rings. The summed E-state index contributed by atoms with van der Waals surface area (Å²) < 4.78 is 25.1. The Labute approximate surface area is 129 Å². The molecule has 5 nitrogen and oxygen atoms in total. The van der Waals surface area contributed by atoms with Gasteiger partial charge in [-0.15, -0.1) is 0 Å². The van der Waals surface area contributed by atoms with Gasteiger partial charge in [-0.05, 0) is 41.9 Å². The highest BCUT2D eigenvalue weighted by Crippen LogP contribution is 2.70. The molecule has 1 aliphatic heterocycles. The van der Waals surface area contributed by atoms with E-state index in [1.165, 1.54) is 6.26 Å². The van der Waals surface area contributed by atoms with E-state index in [2.05, 4.69) is 33.1 Å². The lowest BCUT2D eigenvalue weighted by atomic mass is 9.89. The van der Waals surface area contributed by atoms with Gasteiger partial charge in [-0.2, -0.15) is 0 Å². The Hall–Kier alpha value is -0.170. The Morgan fingerprint density at radius 3 is 2.29 bits per heavy atom. The van der Waals surface area contributed by atoms with Crippen molar-refractivity contribution < 1.29 is 8.42 Å². The van der Waals surface area contributed by atoms with E-state index in [1.54, 1.807) is 4.31 Å². The molecular weight excluding hydrogens is 286 g/mol. The fourth-order valence-corrected chi connectivity index (χ4v) is 5.38. The predicted octanol–water partition coefficient (Wildman–Crippen LogP) is 1.56. The molecule has 0 spiro atoms. The standard InChI is InChI=1S/C15H31N3O2S/c1-14(2)13(15(14,3)4)12(17-16)9-11-7-6-8-18(10-11)21(5,19)20/h11-13,17H,6-10,16H2,1-5H3. The van der Waals surface area contributed by atoms with E-state index in [4.69, 9.17) is 5.84 Å². The molecule has 1 heterocycles. The third-order valence-corrected chi connectivity index (χ3v) is 7.56. The number of sulfonamides is 1. The van der Waals surface area contributed by atoms with Crippen LogP contribution in [-0.2, 0) is 10.0 Å². The minimum absolute atomic E-state index is 0.263. The van der Waals surface area contributed by atoms with Crippen molar-refractivity contribution in [3.05, 3.63) is 0 Å². The second-order valence-corrected chi connectivity index (χ2v) is 10.0. The molecular formula is C15H31N3O2S. The van der Waals surface area contributed by atoms with Gasteiger partial charge in [-0.1, -0.05) is 27.7 Å². The number of nitrogens with one attached hydrogen (secondary N) is 1. The average Bonchev–Trinajstić information content (AvgIpc) is 2.77. The molecule has 0 amide bonds. The van der Waals surface area contributed by atoms with Crippen molar-refractivity contribution in [2.75, 3.05) is 19.3 Å². The first-order chi connectivity index (χ1) is 9.51. The number of nitrogens with zero attached hydrogens (tertiary/aromatic N) is 1. The monoisotopic (exact) mass is 317 g/mol. The van der Waals surface area contributed by atoms with Crippen LogP contribution in [0.25, 0.3) is 0 Å². The highest BCUT2D eigenvalue weighted by Gasteiger charge is 2.66. The lowest BCUT2D eigenvalue weighted by Gasteiger charge is -2.33. The van der Waals surface area contributed by atoms with Crippen LogP contribution in [0, 0.1) is 22.7 Å². The molecule has 0 bridgehead atoms. The first-order valence-corrected chi connectivity index (χ1v) is 9.78. The molecule has 2 unspecified atom stereocenters. The van der Waals surface area contributed by atoms with Crippen LogP contribution in [-0.4, -0.2) is 38.1 Å². The summed E-state index contributed by atoms with van der Waals surface area (Å²) in [6.45, 7) is 10.5. The molecule has 0 aromatic carbocycles. The molecule has 2 rings (SSSR count). The topological polar surface area (TPSA) is 75.4 Å². The van der Waals surface area contributed by atoms with E-state index in [9.17, 15) is 8.42 Å². The molecule has 1 saturated carbocycles. The van der Waals surface area contributed by atoms with Crippen LogP contribution in [0.2, 0.25) is 0 Å². The minimum atomic E-state index is -3.07. The first-order valence-electron chi connectivity index (χ1n) is 7.93. The van der Waals surface area contributed by atoms with Crippen LogP contribution in [0.5, 0.6) is 0 Å². The molecule has 2 aliphatic rings. The van der Waals surface area contributed by atoms with Crippen LogP contribution in [0.15, 0.2) is 0 Å². The van der Waals surface area contributed by atoms with E-state index >= 15 is 0 Å². The molecule has 2 fully saturated rings. The summed E-state index contributed by atoms with van der Waals surface area (Å²) in [6.07, 6.45) is 4.31. The van der Waals surface area contributed by atoms with Crippen molar-refractivity contribution in [3.63, 3.8) is 0 Å². The Morgan fingerprint density at radius 2 is 1.86 bits per heavy atom. The van der Waals surface area contributed by atoms with Crippen LogP contribution >= 0.6 is 0 Å². The molecule has 1 aliphatic carbocycles.